The standard InChI is InChI=1S/C14H10F5NO/c15-13(16)21-12-7-8(5-6-11(12)20)9-3-1-2-4-10(9)14(17,18)19/h1-7,13H,20H2. The van der Waals surface area contributed by atoms with E-state index in [1.54, 1.807) is 0 Å². The van der Waals surface area contributed by atoms with E-state index in [-0.39, 0.29) is 22.6 Å². The highest BCUT2D eigenvalue weighted by Gasteiger charge is 2.33. The minimum Gasteiger partial charge on any atom is -0.433 e. The molecule has 0 radical (unpaired) electrons. The Morgan fingerprint density at radius 3 is 2.29 bits per heavy atom. The van der Waals surface area contributed by atoms with E-state index in [9.17, 15) is 22.0 Å². The maximum absolute atomic E-state index is 12.9. The highest BCUT2D eigenvalue weighted by atomic mass is 19.4. The molecule has 0 unspecified atom stereocenters. The summed E-state index contributed by atoms with van der Waals surface area (Å²) in [4.78, 5) is 0. The van der Waals surface area contributed by atoms with Gasteiger partial charge in [-0.05, 0) is 29.3 Å². The van der Waals surface area contributed by atoms with Crippen LogP contribution in [0, 0.1) is 0 Å². The SMILES string of the molecule is Nc1ccc(-c2ccccc2C(F)(F)F)cc1OC(F)F. The number of rotatable bonds is 3. The minimum absolute atomic E-state index is 0.0801. The molecule has 0 aliphatic heterocycles. The molecule has 2 aromatic carbocycles. The Morgan fingerprint density at radius 1 is 1.00 bits per heavy atom. The van der Waals surface area contributed by atoms with E-state index < -0.39 is 18.4 Å². The van der Waals surface area contributed by atoms with E-state index in [4.69, 9.17) is 5.73 Å². The van der Waals surface area contributed by atoms with Crippen molar-refractivity contribution in [2.45, 2.75) is 12.8 Å². The Labute approximate surface area is 116 Å². The lowest BCUT2D eigenvalue weighted by Crippen LogP contribution is -2.07. The summed E-state index contributed by atoms with van der Waals surface area (Å²) in [6, 6.07) is 8.44. The van der Waals surface area contributed by atoms with E-state index in [1.807, 2.05) is 0 Å². The van der Waals surface area contributed by atoms with Gasteiger partial charge in [-0.25, -0.2) is 0 Å². The van der Waals surface area contributed by atoms with Crippen LogP contribution in [0.15, 0.2) is 42.5 Å². The van der Waals surface area contributed by atoms with Crippen LogP contribution in [0.5, 0.6) is 5.75 Å². The molecule has 0 amide bonds. The number of hydrogen-bond donors (Lipinski definition) is 1. The lowest BCUT2D eigenvalue weighted by atomic mass is 9.99. The van der Waals surface area contributed by atoms with Gasteiger partial charge < -0.3 is 10.5 Å². The predicted molar refractivity (Wildman–Crippen MR) is 67.9 cm³/mol. The molecule has 0 saturated heterocycles. The topological polar surface area (TPSA) is 35.2 Å². The number of nitrogens with two attached hydrogens (primary N) is 1. The molecule has 21 heavy (non-hydrogen) atoms. The van der Waals surface area contributed by atoms with Gasteiger partial charge in [0.15, 0.2) is 0 Å². The molecule has 0 aromatic heterocycles. The van der Waals surface area contributed by atoms with Crippen LogP contribution >= 0.6 is 0 Å². The van der Waals surface area contributed by atoms with Gasteiger partial charge in [0.2, 0.25) is 0 Å². The van der Waals surface area contributed by atoms with Crippen molar-refractivity contribution in [1.29, 1.82) is 0 Å². The van der Waals surface area contributed by atoms with E-state index in [0.29, 0.717) is 0 Å². The highest BCUT2D eigenvalue weighted by Crippen LogP contribution is 2.38. The maximum atomic E-state index is 12.9. The van der Waals surface area contributed by atoms with Gasteiger partial charge in [0, 0.05) is 0 Å². The summed E-state index contributed by atoms with van der Waals surface area (Å²) in [6.45, 7) is -3.11. The van der Waals surface area contributed by atoms with E-state index in [0.717, 1.165) is 12.1 Å². The van der Waals surface area contributed by atoms with Crippen molar-refractivity contribution < 1.29 is 26.7 Å². The molecule has 0 aliphatic rings. The quantitative estimate of drug-likeness (QED) is 0.666. The van der Waals surface area contributed by atoms with Crippen LogP contribution in [0.1, 0.15) is 5.56 Å². The van der Waals surface area contributed by atoms with Crippen LogP contribution < -0.4 is 10.5 Å². The van der Waals surface area contributed by atoms with Crippen molar-refractivity contribution >= 4 is 5.69 Å². The molecule has 0 aliphatic carbocycles. The number of anilines is 1. The molecule has 2 rings (SSSR count). The smallest absolute Gasteiger partial charge is 0.417 e. The van der Waals surface area contributed by atoms with Crippen LogP contribution in [0.25, 0.3) is 11.1 Å². The molecular weight excluding hydrogens is 293 g/mol. The fourth-order valence-electron chi connectivity index (χ4n) is 1.88. The van der Waals surface area contributed by atoms with Gasteiger partial charge in [0.1, 0.15) is 5.75 Å². The van der Waals surface area contributed by atoms with Crippen LogP contribution in [0.4, 0.5) is 27.6 Å². The summed E-state index contributed by atoms with van der Waals surface area (Å²) in [5, 5.41) is 0. The number of nitrogen functional groups attached to an aromatic ring is 1. The highest BCUT2D eigenvalue weighted by molar-refractivity contribution is 5.72. The Morgan fingerprint density at radius 2 is 1.67 bits per heavy atom. The number of hydrogen-bond acceptors (Lipinski definition) is 2. The Balaban J connectivity index is 2.53. The average molecular weight is 303 g/mol. The molecular formula is C14H10F5NO. The zero-order valence-electron chi connectivity index (χ0n) is 10.5. The number of benzene rings is 2. The predicted octanol–water partition coefficient (Wildman–Crippen LogP) is 4.56. The third-order valence-corrected chi connectivity index (χ3v) is 2.77. The van der Waals surface area contributed by atoms with E-state index >= 15 is 0 Å². The zero-order valence-corrected chi connectivity index (χ0v) is 10.5. The first-order valence-electron chi connectivity index (χ1n) is 5.80. The number of halogens is 5. The molecule has 7 heteroatoms. The summed E-state index contributed by atoms with van der Waals surface area (Å²) in [5.41, 5.74) is 4.47. The first kappa shape index (κ1) is 15.1. The van der Waals surface area contributed by atoms with Crippen molar-refractivity contribution in [3.63, 3.8) is 0 Å². The van der Waals surface area contributed by atoms with Gasteiger partial charge in [-0.3, -0.25) is 0 Å². The summed E-state index contributed by atoms with van der Waals surface area (Å²) >= 11 is 0. The maximum Gasteiger partial charge on any atom is 0.417 e. The van der Waals surface area contributed by atoms with Crippen molar-refractivity contribution in [1.82, 2.24) is 0 Å². The molecule has 2 aromatic rings. The fourth-order valence-corrected chi connectivity index (χ4v) is 1.88. The second kappa shape index (κ2) is 5.59. The molecule has 0 bridgehead atoms. The van der Waals surface area contributed by atoms with Gasteiger partial charge >= 0.3 is 12.8 Å². The normalized spacial score (nSPS) is 11.7. The van der Waals surface area contributed by atoms with Crippen LogP contribution in [0.2, 0.25) is 0 Å². The summed E-state index contributed by atoms with van der Waals surface area (Å²) in [6.07, 6.45) is -4.55. The lowest BCUT2D eigenvalue weighted by molar-refractivity contribution is -0.137. The molecule has 0 saturated carbocycles. The summed E-state index contributed by atoms with van der Waals surface area (Å²) in [7, 11) is 0. The van der Waals surface area contributed by atoms with Gasteiger partial charge in [0.05, 0.1) is 11.3 Å². The molecule has 0 heterocycles. The van der Waals surface area contributed by atoms with Crippen LogP contribution in [0.3, 0.4) is 0 Å². The van der Waals surface area contributed by atoms with Gasteiger partial charge in [-0.1, -0.05) is 24.3 Å². The second-order valence-corrected chi connectivity index (χ2v) is 4.17. The molecule has 0 fully saturated rings. The van der Waals surface area contributed by atoms with Gasteiger partial charge in [0.25, 0.3) is 0 Å². The van der Waals surface area contributed by atoms with Crippen LogP contribution in [-0.2, 0) is 6.18 Å². The largest absolute Gasteiger partial charge is 0.433 e. The minimum atomic E-state index is -4.55. The molecule has 2 N–H and O–H groups in total. The number of ether oxygens (including phenoxy) is 1. The lowest BCUT2D eigenvalue weighted by Gasteiger charge is -2.14. The Kier molecular flexibility index (Phi) is 4.02. The first-order valence-corrected chi connectivity index (χ1v) is 5.80. The third kappa shape index (κ3) is 3.42. The van der Waals surface area contributed by atoms with E-state index in [1.165, 1.54) is 30.3 Å². The Hall–Kier alpha value is -2.31. The molecule has 0 spiro atoms. The monoisotopic (exact) mass is 303 g/mol. The van der Waals surface area contributed by atoms with E-state index in [2.05, 4.69) is 4.74 Å². The average Bonchev–Trinajstić information content (AvgIpc) is 2.40. The zero-order chi connectivity index (χ0) is 15.6. The molecule has 2 nitrogen and oxygen atoms in total. The van der Waals surface area contributed by atoms with Crippen molar-refractivity contribution in [3.05, 3.63) is 48.0 Å². The second-order valence-electron chi connectivity index (χ2n) is 4.17. The summed E-state index contributed by atoms with van der Waals surface area (Å²) in [5.74, 6) is -0.362. The third-order valence-electron chi connectivity index (χ3n) is 2.77. The van der Waals surface area contributed by atoms with Crippen molar-refractivity contribution in [2.75, 3.05) is 5.73 Å². The fraction of sp³-hybridized carbons (Fsp3) is 0.143. The first-order chi connectivity index (χ1) is 9.79. The Bertz CT molecular complexity index is 640. The molecule has 0 atom stereocenters. The van der Waals surface area contributed by atoms with Crippen molar-refractivity contribution in [3.8, 4) is 16.9 Å². The number of alkyl halides is 5. The van der Waals surface area contributed by atoms with Gasteiger partial charge in [-0.2, -0.15) is 22.0 Å². The van der Waals surface area contributed by atoms with Crippen LogP contribution in [-0.4, -0.2) is 6.61 Å². The summed E-state index contributed by atoms with van der Waals surface area (Å²) < 4.78 is 67.5. The van der Waals surface area contributed by atoms with Gasteiger partial charge in [-0.15, -0.1) is 0 Å². The van der Waals surface area contributed by atoms with Crippen molar-refractivity contribution in [2.24, 2.45) is 0 Å². The molecule has 112 valence electrons.